The zero-order valence-electron chi connectivity index (χ0n) is 15.9. The van der Waals surface area contributed by atoms with E-state index in [9.17, 15) is 8.42 Å². The standard InChI is InChI=1S/C20H28N4O2S/c1-3-21-20(23-15-19-11-7-8-17(2)14-19)22-12-13-27(25,26)24-16-18-9-5-4-6-10-18/h4-11,14,24H,3,12-13,15-16H2,1-2H3,(H2,21,22,23). The largest absolute Gasteiger partial charge is 0.357 e. The zero-order valence-corrected chi connectivity index (χ0v) is 16.7. The van der Waals surface area contributed by atoms with E-state index in [2.05, 4.69) is 26.4 Å². The summed E-state index contributed by atoms with van der Waals surface area (Å²) in [6.07, 6.45) is 0. The monoisotopic (exact) mass is 388 g/mol. The lowest BCUT2D eigenvalue weighted by molar-refractivity contribution is 0.580. The van der Waals surface area contributed by atoms with E-state index >= 15 is 0 Å². The predicted molar refractivity (Wildman–Crippen MR) is 111 cm³/mol. The van der Waals surface area contributed by atoms with Gasteiger partial charge in [-0.15, -0.1) is 0 Å². The van der Waals surface area contributed by atoms with Crippen molar-refractivity contribution >= 4 is 16.0 Å². The van der Waals surface area contributed by atoms with Crippen LogP contribution < -0.4 is 15.4 Å². The smallest absolute Gasteiger partial charge is 0.213 e. The van der Waals surface area contributed by atoms with Crippen molar-refractivity contribution < 1.29 is 8.42 Å². The molecule has 6 nitrogen and oxygen atoms in total. The second-order valence-corrected chi connectivity index (χ2v) is 8.16. The van der Waals surface area contributed by atoms with E-state index in [1.807, 2.05) is 62.4 Å². The summed E-state index contributed by atoms with van der Waals surface area (Å²) in [4.78, 5) is 4.52. The van der Waals surface area contributed by atoms with Crippen molar-refractivity contribution in [2.24, 2.45) is 4.99 Å². The van der Waals surface area contributed by atoms with Crippen LogP contribution in [0.15, 0.2) is 59.6 Å². The highest BCUT2D eigenvalue weighted by Gasteiger charge is 2.10. The molecule has 0 unspecified atom stereocenters. The summed E-state index contributed by atoms with van der Waals surface area (Å²) in [5.41, 5.74) is 3.24. The molecule has 0 amide bonds. The summed E-state index contributed by atoms with van der Waals surface area (Å²) in [5.74, 6) is 0.589. The molecule has 7 heteroatoms. The Morgan fingerprint density at radius 2 is 1.74 bits per heavy atom. The Balaban J connectivity index is 1.82. The highest BCUT2D eigenvalue weighted by atomic mass is 32.2. The maximum absolute atomic E-state index is 12.1. The van der Waals surface area contributed by atoms with Gasteiger partial charge in [-0.2, -0.15) is 0 Å². The first-order valence-electron chi connectivity index (χ1n) is 9.07. The Hall–Kier alpha value is -2.38. The maximum Gasteiger partial charge on any atom is 0.213 e. The van der Waals surface area contributed by atoms with Crippen molar-refractivity contribution in [3.63, 3.8) is 0 Å². The average molecular weight is 389 g/mol. The number of aliphatic imine (C=N–C) groups is 1. The first-order valence-corrected chi connectivity index (χ1v) is 10.7. The number of hydrogen-bond acceptors (Lipinski definition) is 3. The number of aryl methyl sites for hydroxylation is 1. The second kappa shape index (κ2) is 10.7. The third kappa shape index (κ3) is 8.23. The van der Waals surface area contributed by atoms with E-state index in [-0.39, 0.29) is 12.3 Å². The molecule has 0 aliphatic heterocycles. The first kappa shape index (κ1) is 20.9. The SMILES string of the molecule is CCNC(=NCc1cccc(C)c1)NCCS(=O)(=O)NCc1ccccc1. The van der Waals surface area contributed by atoms with Gasteiger partial charge in [0, 0.05) is 19.6 Å². The molecule has 2 rings (SSSR count). The fourth-order valence-electron chi connectivity index (χ4n) is 2.49. The number of nitrogens with zero attached hydrogens (tertiary/aromatic N) is 1. The molecular weight excluding hydrogens is 360 g/mol. The average Bonchev–Trinajstić information content (AvgIpc) is 2.65. The third-order valence-corrected chi connectivity index (χ3v) is 5.17. The number of sulfonamides is 1. The lowest BCUT2D eigenvalue weighted by atomic mass is 10.1. The van der Waals surface area contributed by atoms with Gasteiger partial charge in [-0.3, -0.25) is 0 Å². The van der Waals surface area contributed by atoms with Gasteiger partial charge in [0.05, 0.1) is 12.3 Å². The summed E-state index contributed by atoms with van der Waals surface area (Å²) >= 11 is 0. The minimum absolute atomic E-state index is 0.0192. The maximum atomic E-state index is 12.1. The number of hydrogen-bond donors (Lipinski definition) is 3. The second-order valence-electron chi connectivity index (χ2n) is 6.24. The molecule has 2 aromatic carbocycles. The molecule has 0 aromatic heterocycles. The van der Waals surface area contributed by atoms with Gasteiger partial charge >= 0.3 is 0 Å². The molecule has 0 bridgehead atoms. The molecule has 0 saturated heterocycles. The molecule has 3 N–H and O–H groups in total. The molecule has 0 saturated carbocycles. The van der Waals surface area contributed by atoms with E-state index in [0.29, 0.717) is 25.6 Å². The van der Waals surface area contributed by atoms with Crippen LogP contribution in [0.25, 0.3) is 0 Å². The van der Waals surface area contributed by atoms with Crippen LogP contribution in [0, 0.1) is 6.92 Å². The van der Waals surface area contributed by atoms with Crippen molar-refractivity contribution in [1.82, 2.24) is 15.4 Å². The van der Waals surface area contributed by atoms with E-state index < -0.39 is 10.0 Å². The zero-order chi connectivity index (χ0) is 19.5. The molecule has 2 aromatic rings. The summed E-state index contributed by atoms with van der Waals surface area (Å²) in [7, 11) is -3.36. The van der Waals surface area contributed by atoms with Crippen molar-refractivity contribution in [3.05, 3.63) is 71.3 Å². The van der Waals surface area contributed by atoms with Crippen molar-refractivity contribution in [3.8, 4) is 0 Å². The number of benzene rings is 2. The molecule has 0 atom stereocenters. The molecular formula is C20H28N4O2S. The predicted octanol–water partition coefficient (Wildman–Crippen LogP) is 2.17. The summed E-state index contributed by atoms with van der Waals surface area (Å²) in [5, 5.41) is 6.21. The van der Waals surface area contributed by atoms with Crippen molar-refractivity contribution in [2.45, 2.75) is 26.9 Å². The van der Waals surface area contributed by atoms with Gasteiger partial charge in [-0.05, 0) is 25.0 Å². The Morgan fingerprint density at radius 1 is 1.00 bits per heavy atom. The van der Waals surface area contributed by atoms with Crippen LogP contribution >= 0.6 is 0 Å². The first-order chi connectivity index (χ1) is 13.0. The Labute approximate surface area is 162 Å². The Kier molecular flexibility index (Phi) is 8.29. The number of rotatable bonds is 9. The lowest BCUT2D eigenvalue weighted by Gasteiger charge is -2.12. The minimum Gasteiger partial charge on any atom is -0.357 e. The van der Waals surface area contributed by atoms with Crippen LogP contribution in [0.1, 0.15) is 23.6 Å². The Bertz CT molecular complexity index is 836. The van der Waals surface area contributed by atoms with Gasteiger partial charge < -0.3 is 10.6 Å². The Morgan fingerprint density at radius 3 is 2.44 bits per heavy atom. The highest BCUT2D eigenvalue weighted by Crippen LogP contribution is 2.05. The topological polar surface area (TPSA) is 82.6 Å². The van der Waals surface area contributed by atoms with Crippen LogP contribution in [-0.2, 0) is 23.1 Å². The molecule has 27 heavy (non-hydrogen) atoms. The third-order valence-electron chi connectivity index (χ3n) is 3.85. The van der Waals surface area contributed by atoms with Crippen LogP contribution in [0.2, 0.25) is 0 Å². The fourth-order valence-corrected chi connectivity index (χ4v) is 3.39. The van der Waals surface area contributed by atoms with Gasteiger partial charge in [-0.25, -0.2) is 18.1 Å². The van der Waals surface area contributed by atoms with Gasteiger partial charge in [0.1, 0.15) is 0 Å². The number of guanidine groups is 1. The molecule has 0 aliphatic carbocycles. The van der Waals surface area contributed by atoms with E-state index in [1.54, 1.807) is 0 Å². The lowest BCUT2D eigenvalue weighted by Crippen LogP contribution is -2.41. The fraction of sp³-hybridized carbons (Fsp3) is 0.350. The van der Waals surface area contributed by atoms with Crippen LogP contribution in [0.4, 0.5) is 0 Å². The van der Waals surface area contributed by atoms with Crippen LogP contribution in [0.3, 0.4) is 0 Å². The number of nitrogens with one attached hydrogen (secondary N) is 3. The van der Waals surface area contributed by atoms with Crippen LogP contribution in [-0.4, -0.2) is 33.2 Å². The normalized spacial score (nSPS) is 12.0. The van der Waals surface area contributed by atoms with Crippen LogP contribution in [0.5, 0.6) is 0 Å². The molecule has 0 spiro atoms. The summed E-state index contributed by atoms with van der Waals surface area (Å²) < 4.78 is 26.9. The molecule has 0 fully saturated rings. The van der Waals surface area contributed by atoms with Gasteiger partial charge in [0.2, 0.25) is 10.0 Å². The van der Waals surface area contributed by atoms with Crippen molar-refractivity contribution in [2.75, 3.05) is 18.8 Å². The van der Waals surface area contributed by atoms with E-state index in [4.69, 9.17) is 0 Å². The quantitative estimate of drug-likeness (QED) is 0.454. The van der Waals surface area contributed by atoms with Gasteiger partial charge in [0.15, 0.2) is 5.96 Å². The highest BCUT2D eigenvalue weighted by molar-refractivity contribution is 7.89. The molecule has 0 heterocycles. The van der Waals surface area contributed by atoms with Gasteiger partial charge in [-0.1, -0.05) is 60.2 Å². The minimum atomic E-state index is -3.36. The molecule has 146 valence electrons. The van der Waals surface area contributed by atoms with Crippen molar-refractivity contribution in [1.29, 1.82) is 0 Å². The van der Waals surface area contributed by atoms with Gasteiger partial charge in [0.25, 0.3) is 0 Å². The molecule has 0 aliphatic rings. The van der Waals surface area contributed by atoms with E-state index in [1.165, 1.54) is 5.56 Å². The van der Waals surface area contributed by atoms with E-state index in [0.717, 1.165) is 11.1 Å². The summed E-state index contributed by atoms with van der Waals surface area (Å²) in [6.45, 7) is 5.84. The molecule has 0 radical (unpaired) electrons. The summed E-state index contributed by atoms with van der Waals surface area (Å²) in [6, 6.07) is 17.6.